The first-order chi connectivity index (χ1) is 17.2. The van der Waals surface area contributed by atoms with Gasteiger partial charge in [0.1, 0.15) is 5.76 Å². The van der Waals surface area contributed by atoms with Gasteiger partial charge >= 0.3 is 0 Å². The minimum absolute atomic E-state index is 0.184. The lowest BCUT2D eigenvalue weighted by molar-refractivity contribution is 0.0908. The predicted molar refractivity (Wildman–Crippen MR) is 144 cm³/mol. The number of rotatable bonds is 9. The summed E-state index contributed by atoms with van der Waals surface area (Å²) in [7, 11) is 1.66. The maximum Gasteiger partial charge on any atom is 0.231 e. The van der Waals surface area contributed by atoms with Crippen LogP contribution in [0.1, 0.15) is 37.4 Å². The van der Waals surface area contributed by atoms with Crippen LogP contribution in [0.2, 0.25) is 0 Å². The van der Waals surface area contributed by atoms with Gasteiger partial charge in [0, 0.05) is 49.4 Å². The number of benzene rings is 2. The SMILES string of the molecule is C#C/C=C(OC)\C(=C/C)N1CCN(CCCCCC(=O)n2c3ccccc3c3ccccc32)CC1. The maximum atomic E-state index is 13.2. The molecule has 1 aliphatic rings. The van der Waals surface area contributed by atoms with E-state index in [1.807, 2.05) is 47.9 Å². The summed E-state index contributed by atoms with van der Waals surface area (Å²) >= 11 is 0. The largest absolute Gasteiger partial charge is 0.494 e. The van der Waals surface area contributed by atoms with Crippen molar-refractivity contribution >= 4 is 27.7 Å². The van der Waals surface area contributed by atoms with Crippen LogP contribution in [-0.4, -0.2) is 60.1 Å². The molecule has 35 heavy (non-hydrogen) atoms. The summed E-state index contributed by atoms with van der Waals surface area (Å²) in [6.07, 6.45) is 12.8. The lowest BCUT2D eigenvalue weighted by Gasteiger charge is -2.37. The number of para-hydroxylation sites is 2. The smallest absolute Gasteiger partial charge is 0.231 e. The molecule has 4 rings (SSSR count). The molecule has 0 aliphatic carbocycles. The molecule has 1 aromatic heterocycles. The molecule has 0 atom stereocenters. The Morgan fingerprint density at radius 1 is 0.971 bits per heavy atom. The van der Waals surface area contributed by atoms with E-state index in [0.29, 0.717) is 6.42 Å². The Balaban J connectivity index is 1.24. The van der Waals surface area contributed by atoms with Crippen LogP contribution in [0.4, 0.5) is 0 Å². The van der Waals surface area contributed by atoms with E-state index in [0.717, 1.165) is 85.2 Å². The standard InChI is InChI=1S/C30H35N3O2/c1-4-13-29(35-3)26(5-2)32-22-20-31(21-23-32)19-12-6-7-18-30(34)33-27-16-10-8-14-24(27)25-15-9-11-17-28(25)33/h1,5,8-11,13-17H,6-7,12,18-23H2,2-3H3/b26-5+,29-13+. The van der Waals surface area contributed by atoms with Gasteiger partial charge in [-0.25, -0.2) is 0 Å². The highest BCUT2D eigenvalue weighted by molar-refractivity contribution is 6.13. The first-order valence-electron chi connectivity index (χ1n) is 12.5. The fraction of sp³-hybridized carbons (Fsp3) is 0.367. The van der Waals surface area contributed by atoms with E-state index < -0.39 is 0 Å². The fourth-order valence-corrected chi connectivity index (χ4v) is 5.10. The maximum absolute atomic E-state index is 13.2. The number of fused-ring (bicyclic) bond motifs is 3. The summed E-state index contributed by atoms with van der Waals surface area (Å²) < 4.78 is 7.38. The van der Waals surface area contributed by atoms with Crippen LogP contribution in [0.5, 0.6) is 0 Å². The Hall–Kier alpha value is -3.49. The molecule has 0 N–H and O–H groups in total. The molecule has 1 saturated heterocycles. The number of methoxy groups -OCH3 is 1. The zero-order chi connectivity index (χ0) is 24.6. The van der Waals surface area contributed by atoms with Crippen molar-refractivity contribution in [1.82, 2.24) is 14.4 Å². The van der Waals surface area contributed by atoms with Crippen molar-refractivity contribution in [2.24, 2.45) is 0 Å². The van der Waals surface area contributed by atoms with E-state index in [1.165, 1.54) is 0 Å². The average Bonchev–Trinajstić information content (AvgIpc) is 3.23. The highest BCUT2D eigenvalue weighted by atomic mass is 16.5. The minimum atomic E-state index is 0.184. The van der Waals surface area contributed by atoms with Gasteiger partial charge in [-0.3, -0.25) is 14.3 Å². The van der Waals surface area contributed by atoms with Crippen molar-refractivity contribution in [3.63, 3.8) is 0 Å². The lowest BCUT2D eigenvalue weighted by Crippen LogP contribution is -2.46. The van der Waals surface area contributed by atoms with Gasteiger partial charge in [0.2, 0.25) is 5.91 Å². The number of ether oxygens (including phenoxy) is 1. The molecule has 182 valence electrons. The van der Waals surface area contributed by atoms with E-state index in [-0.39, 0.29) is 5.91 Å². The molecule has 0 spiro atoms. The normalized spacial score (nSPS) is 15.5. The quantitative estimate of drug-likeness (QED) is 0.175. The van der Waals surface area contributed by atoms with Crippen LogP contribution in [0.15, 0.2) is 72.1 Å². The topological polar surface area (TPSA) is 37.7 Å². The highest BCUT2D eigenvalue weighted by Crippen LogP contribution is 2.29. The van der Waals surface area contributed by atoms with Gasteiger partial charge < -0.3 is 9.64 Å². The molecule has 1 aliphatic heterocycles. The lowest BCUT2D eigenvalue weighted by atomic mass is 10.1. The molecular formula is C30H35N3O2. The van der Waals surface area contributed by atoms with Crippen molar-refractivity contribution < 1.29 is 9.53 Å². The molecule has 0 bridgehead atoms. The molecule has 0 unspecified atom stereocenters. The Bertz CT molecular complexity index is 1220. The van der Waals surface area contributed by atoms with Gasteiger partial charge in [0.05, 0.1) is 23.8 Å². The fourth-order valence-electron chi connectivity index (χ4n) is 5.10. The Labute approximate surface area is 208 Å². The second-order valence-electron chi connectivity index (χ2n) is 8.96. The number of carbonyl (C=O) groups excluding carboxylic acids is 1. The van der Waals surface area contributed by atoms with Crippen LogP contribution in [0.25, 0.3) is 21.8 Å². The van der Waals surface area contributed by atoms with Crippen LogP contribution < -0.4 is 0 Å². The molecule has 2 aromatic carbocycles. The summed E-state index contributed by atoms with van der Waals surface area (Å²) in [6.45, 7) is 7.04. The number of unbranched alkanes of at least 4 members (excludes halogenated alkanes) is 2. The van der Waals surface area contributed by atoms with Crippen molar-refractivity contribution in [1.29, 1.82) is 0 Å². The third kappa shape index (κ3) is 5.44. The van der Waals surface area contributed by atoms with E-state index in [2.05, 4.69) is 33.9 Å². The Morgan fingerprint density at radius 2 is 1.60 bits per heavy atom. The molecule has 1 fully saturated rings. The number of terminal acetylenes is 1. The number of carbonyl (C=O) groups is 1. The Kier molecular flexibility index (Phi) is 8.28. The number of hydrogen-bond acceptors (Lipinski definition) is 4. The van der Waals surface area contributed by atoms with E-state index in [1.54, 1.807) is 13.2 Å². The third-order valence-corrected chi connectivity index (χ3v) is 6.87. The van der Waals surface area contributed by atoms with Gasteiger partial charge in [-0.05, 0) is 38.4 Å². The van der Waals surface area contributed by atoms with Crippen LogP contribution >= 0.6 is 0 Å². The van der Waals surface area contributed by atoms with Gasteiger partial charge in [-0.2, -0.15) is 0 Å². The van der Waals surface area contributed by atoms with Gasteiger partial charge in [0.15, 0.2) is 0 Å². The number of aromatic nitrogens is 1. The molecule has 0 amide bonds. The van der Waals surface area contributed by atoms with Crippen molar-refractivity contribution in [3.05, 3.63) is 72.1 Å². The molecule has 2 heterocycles. The Morgan fingerprint density at radius 3 is 2.17 bits per heavy atom. The first kappa shape index (κ1) is 24.6. The number of piperazine rings is 1. The van der Waals surface area contributed by atoms with Crippen LogP contribution in [0, 0.1) is 12.3 Å². The summed E-state index contributed by atoms with van der Waals surface area (Å²) in [4.78, 5) is 18.0. The first-order valence-corrected chi connectivity index (χ1v) is 12.5. The van der Waals surface area contributed by atoms with Crippen molar-refractivity contribution in [3.8, 4) is 12.3 Å². The summed E-state index contributed by atoms with van der Waals surface area (Å²) in [5.41, 5.74) is 3.07. The van der Waals surface area contributed by atoms with Gasteiger partial charge in [-0.15, -0.1) is 6.42 Å². The third-order valence-electron chi connectivity index (χ3n) is 6.87. The second-order valence-corrected chi connectivity index (χ2v) is 8.96. The van der Waals surface area contributed by atoms with Gasteiger partial charge in [-0.1, -0.05) is 54.8 Å². The van der Waals surface area contributed by atoms with Crippen LogP contribution in [0.3, 0.4) is 0 Å². The molecule has 5 nitrogen and oxygen atoms in total. The van der Waals surface area contributed by atoms with Gasteiger partial charge in [0.25, 0.3) is 0 Å². The number of nitrogens with zero attached hydrogens (tertiary/aromatic N) is 3. The summed E-state index contributed by atoms with van der Waals surface area (Å²) in [6, 6.07) is 16.4. The molecule has 3 aromatic rings. The molecule has 5 heteroatoms. The van der Waals surface area contributed by atoms with E-state index >= 15 is 0 Å². The van der Waals surface area contributed by atoms with Crippen molar-refractivity contribution in [2.75, 3.05) is 39.8 Å². The second kappa shape index (κ2) is 11.8. The van der Waals surface area contributed by atoms with Crippen molar-refractivity contribution in [2.45, 2.75) is 32.6 Å². The zero-order valence-electron chi connectivity index (χ0n) is 20.9. The molecule has 0 radical (unpaired) electrons. The molecular weight excluding hydrogens is 434 g/mol. The van der Waals surface area contributed by atoms with E-state index in [4.69, 9.17) is 11.2 Å². The summed E-state index contributed by atoms with van der Waals surface area (Å²) in [5, 5.41) is 2.29. The van der Waals surface area contributed by atoms with E-state index in [9.17, 15) is 4.79 Å². The monoisotopic (exact) mass is 469 g/mol. The highest BCUT2D eigenvalue weighted by Gasteiger charge is 2.21. The minimum Gasteiger partial charge on any atom is -0.494 e. The van der Waals surface area contributed by atoms with Crippen LogP contribution in [-0.2, 0) is 4.74 Å². The zero-order valence-corrected chi connectivity index (χ0v) is 20.9. The predicted octanol–water partition coefficient (Wildman–Crippen LogP) is 5.68. The summed E-state index contributed by atoms with van der Waals surface area (Å²) in [5.74, 6) is 3.50. The average molecular weight is 470 g/mol. The number of allylic oxidation sites excluding steroid dienone is 2. The molecule has 0 saturated carbocycles. The number of hydrogen-bond donors (Lipinski definition) is 0.